The van der Waals surface area contributed by atoms with E-state index in [1.807, 2.05) is 0 Å². The molecule has 0 saturated heterocycles. The summed E-state index contributed by atoms with van der Waals surface area (Å²) in [5.74, 6) is -0.106. The number of nitro benzene ring substituents is 1. The number of nitrogens with zero attached hydrogens (tertiary/aromatic N) is 1. The molecule has 0 aromatic heterocycles. The quantitative estimate of drug-likeness (QED) is 0.436. The summed E-state index contributed by atoms with van der Waals surface area (Å²) in [7, 11) is 0. The van der Waals surface area contributed by atoms with Gasteiger partial charge in [-0.05, 0) is 34.1 Å². The SMILES string of the molecule is O=[N+]([O-])c1ccc(Br)c(Oc2cccc(F)c2CCl)c1. The summed E-state index contributed by atoms with van der Waals surface area (Å²) >= 11 is 8.91. The average molecular weight is 361 g/mol. The molecule has 0 aliphatic rings. The first-order valence-electron chi connectivity index (χ1n) is 5.48. The molecule has 2 aromatic rings. The molecule has 0 atom stereocenters. The molecule has 104 valence electrons. The molecule has 7 heteroatoms. The van der Waals surface area contributed by atoms with E-state index in [-0.39, 0.29) is 28.6 Å². The van der Waals surface area contributed by atoms with Crippen LogP contribution in [0.2, 0.25) is 0 Å². The lowest BCUT2D eigenvalue weighted by atomic mass is 10.2. The Morgan fingerprint density at radius 2 is 2.05 bits per heavy atom. The summed E-state index contributed by atoms with van der Waals surface area (Å²) < 4.78 is 19.6. The monoisotopic (exact) mass is 359 g/mol. The maximum absolute atomic E-state index is 13.6. The van der Waals surface area contributed by atoms with Crippen LogP contribution in [0.1, 0.15) is 5.56 Å². The molecule has 0 radical (unpaired) electrons. The molecule has 0 N–H and O–H groups in total. The van der Waals surface area contributed by atoms with Crippen molar-refractivity contribution in [2.75, 3.05) is 0 Å². The third kappa shape index (κ3) is 3.08. The minimum Gasteiger partial charge on any atom is -0.455 e. The number of non-ortho nitro benzene ring substituents is 1. The fraction of sp³-hybridized carbons (Fsp3) is 0.0769. The van der Waals surface area contributed by atoms with Gasteiger partial charge in [-0.1, -0.05) is 6.07 Å². The van der Waals surface area contributed by atoms with Crippen molar-refractivity contribution in [1.29, 1.82) is 0 Å². The Kier molecular flexibility index (Phi) is 4.57. The van der Waals surface area contributed by atoms with E-state index in [0.29, 0.717) is 4.47 Å². The molecule has 0 unspecified atom stereocenters. The zero-order valence-electron chi connectivity index (χ0n) is 9.98. The van der Waals surface area contributed by atoms with Crippen LogP contribution in [-0.4, -0.2) is 4.92 Å². The molecule has 0 spiro atoms. The van der Waals surface area contributed by atoms with Crippen LogP contribution in [0.5, 0.6) is 11.5 Å². The van der Waals surface area contributed by atoms with Crippen molar-refractivity contribution in [1.82, 2.24) is 0 Å². The molecule has 0 aliphatic carbocycles. The molecule has 0 heterocycles. The van der Waals surface area contributed by atoms with Crippen LogP contribution in [-0.2, 0) is 5.88 Å². The van der Waals surface area contributed by atoms with Crippen molar-refractivity contribution in [2.24, 2.45) is 0 Å². The van der Waals surface area contributed by atoms with Crippen LogP contribution in [0, 0.1) is 15.9 Å². The molecule has 2 rings (SSSR count). The number of ether oxygens (including phenoxy) is 1. The maximum Gasteiger partial charge on any atom is 0.273 e. The predicted molar refractivity (Wildman–Crippen MR) is 76.8 cm³/mol. The van der Waals surface area contributed by atoms with E-state index in [2.05, 4.69) is 15.9 Å². The lowest BCUT2D eigenvalue weighted by molar-refractivity contribution is -0.384. The molecule has 0 fully saturated rings. The fourth-order valence-electron chi connectivity index (χ4n) is 1.57. The van der Waals surface area contributed by atoms with Gasteiger partial charge >= 0.3 is 0 Å². The van der Waals surface area contributed by atoms with Gasteiger partial charge in [0.1, 0.15) is 17.3 Å². The Labute approximate surface area is 127 Å². The number of hydrogen-bond acceptors (Lipinski definition) is 3. The van der Waals surface area contributed by atoms with Gasteiger partial charge in [0.25, 0.3) is 5.69 Å². The lowest BCUT2D eigenvalue weighted by Crippen LogP contribution is -1.95. The average Bonchev–Trinajstić information content (AvgIpc) is 2.41. The van der Waals surface area contributed by atoms with Crippen LogP contribution in [0.15, 0.2) is 40.9 Å². The minimum absolute atomic E-state index is 0.0610. The van der Waals surface area contributed by atoms with Gasteiger partial charge in [-0.15, -0.1) is 11.6 Å². The normalized spacial score (nSPS) is 10.3. The molecule has 0 amide bonds. The number of nitro groups is 1. The molecule has 20 heavy (non-hydrogen) atoms. The predicted octanol–water partition coefficient (Wildman–Crippen LogP) is 5.03. The number of rotatable bonds is 4. The van der Waals surface area contributed by atoms with E-state index < -0.39 is 10.7 Å². The molecule has 2 aromatic carbocycles. The first-order valence-corrected chi connectivity index (χ1v) is 6.81. The van der Waals surface area contributed by atoms with E-state index in [1.165, 1.54) is 30.3 Å². The van der Waals surface area contributed by atoms with Crippen LogP contribution in [0.4, 0.5) is 10.1 Å². The van der Waals surface area contributed by atoms with E-state index in [4.69, 9.17) is 16.3 Å². The molecular weight excluding hydrogens is 353 g/mol. The standard InChI is InChI=1S/C13H8BrClFNO3/c14-10-5-4-8(17(18)19)6-13(10)20-12-3-1-2-11(16)9(12)7-15/h1-6H,7H2. The van der Waals surface area contributed by atoms with E-state index in [1.54, 1.807) is 6.07 Å². The Bertz CT molecular complexity index is 666. The summed E-state index contributed by atoms with van der Waals surface area (Å²) in [5.41, 5.74) is 0.0830. The van der Waals surface area contributed by atoms with Gasteiger partial charge in [-0.2, -0.15) is 0 Å². The Morgan fingerprint density at radius 1 is 1.30 bits per heavy atom. The first kappa shape index (κ1) is 14.7. The summed E-state index contributed by atoms with van der Waals surface area (Å²) in [5, 5.41) is 10.7. The molecule has 4 nitrogen and oxygen atoms in total. The van der Waals surface area contributed by atoms with Gasteiger partial charge in [0.05, 0.1) is 21.3 Å². The van der Waals surface area contributed by atoms with E-state index >= 15 is 0 Å². The highest BCUT2D eigenvalue weighted by Crippen LogP contribution is 2.35. The largest absolute Gasteiger partial charge is 0.455 e. The van der Waals surface area contributed by atoms with Crippen LogP contribution >= 0.6 is 27.5 Å². The van der Waals surface area contributed by atoms with Crippen LogP contribution in [0.3, 0.4) is 0 Å². The second kappa shape index (κ2) is 6.19. The van der Waals surface area contributed by atoms with E-state index in [0.717, 1.165) is 0 Å². The smallest absolute Gasteiger partial charge is 0.273 e. The Balaban J connectivity index is 2.42. The molecule has 0 saturated carbocycles. The number of hydrogen-bond donors (Lipinski definition) is 0. The number of alkyl halides is 1. The van der Waals surface area contributed by atoms with Gasteiger partial charge in [0, 0.05) is 11.6 Å². The van der Waals surface area contributed by atoms with Crippen molar-refractivity contribution in [3.05, 3.63) is 62.4 Å². The van der Waals surface area contributed by atoms with Crippen molar-refractivity contribution in [2.45, 2.75) is 5.88 Å². The summed E-state index contributed by atoms with van der Waals surface area (Å²) in [6.07, 6.45) is 0. The van der Waals surface area contributed by atoms with Gasteiger partial charge in [-0.25, -0.2) is 4.39 Å². The van der Waals surface area contributed by atoms with Crippen molar-refractivity contribution >= 4 is 33.2 Å². The van der Waals surface area contributed by atoms with Gasteiger partial charge in [0.2, 0.25) is 0 Å². The van der Waals surface area contributed by atoms with Crippen LogP contribution in [0.25, 0.3) is 0 Å². The first-order chi connectivity index (χ1) is 9.52. The highest BCUT2D eigenvalue weighted by atomic mass is 79.9. The second-order valence-electron chi connectivity index (χ2n) is 3.82. The van der Waals surface area contributed by atoms with Gasteiger partial charge in [0.15, 0.2) is 0 Å². The molecule has 0 bridgehead atoms. The lowest BCUT2D eigenvalue weighted by Gasteiger charge is -2.11. The number of benzene rings is 2. The second-order valence-corrected chi connectivity index (χ2v) is 4.95. The number of halogens is 3. The van der Waals surface area contributed by atoms with Gasteiger partial charge in [-0.3, -0.25) is 10.1 Å². The zero-order chi connectivity index (χ0) is 14.7. The Morgan fingerprint density at radius 3 is 2.70 bits per heavy atom. The van der Waals surface area contributed by atoms with Gasteiger partial charge < -0.3 is 4.74 Å². The maximum atomic E-state index is 13.6. The fourth-order valence-corrected chi connectivity index (χ4v) is 2.15. The van der Waals surface area contributed by atoms with Crippen molar-refractivity contribution in [3.8, 4) is 11.5 Å². The zero-order valence-corrected chi connectivity index (χ0v) is 12.3. The highest BCUT2D eigenvalue weighted by molar-refractivity contribution is 9.10. The minimum atomic E-state index is -0.534. The third-order valence-corrected chi connectivity index (χ3v) is 3.48. The summed E-state index contributed by atoms with van der Waals surface area (Å²) in [6, 6.07) is 8.39. The topological polar surface area (TPSA) is 52.4 Å². The highest BCUT2D eigenvalue weighted by Gasteiger charge is 2.14. The third-order valence-electron chi connectivity index (χ3n) is 2.56. The molecule has 0 aliphatic heterocycles. The summed E-state index contributed by atoms with van der Waals surface area (Å²) in [6.45, 7) is 0. The molecular formula is C13H8BrClFNO3. The Hall–Kier alpha value is -1.66. The summed E-state index contributed by atoms with van der Waals surface area (Å²) in [4.78, 5) is 10.2. The van der Waals surface area contributed by atoms with Crippen LogP contribution < -0.4 is 4.74 Å². The van der Waals surface area contributed by atoms with E-state index in [9.17, 15) is 14.5 Å². The van der Waals surface area contributed by atoms with Crippen molar-refractivity contribution < 1.29 is 14.1 Å². The van der Waals surface area contributed by atoms with Crippen molar-refractivity contribution in [3.63, 3.8) is 0 Å².